The maximum atomic E-state index is 10.9. The van der Waals surface area contributed by atoms with Crippen molar-refractivity contribution in [1.29, 1.82) is 0 Å². The molecule has 4 heteroatoms. The third-order valence-electron chi connectivity index (χ3n) is 3.59. The second-order valence-electron chi connectivity index (χ2n) is 4.39. The number of piperidine rings is 1. The first-order valence-electron chi connectivity index (χ1n) is 5.34. The van der Waals surface area contributed by atoms with Crippen molar-refractivity contribution in [2.24, 2.45) is 11.8 Å². The Morgan fingerprint density at radius 3 is 2.79 bits per heavy atom. The molecule has 2 fully saturated rings. The number of nitrogens with one attached hydrogen (secondary N) is 1. The lowest BCUT2D eigenvalue weighted by atomic mass is 9.73. The van der Waals surface area contributed by atoms with Crippen molar-refractivity contribution in [2.75, 3.05) is 6.54 Å². The molecule has 1 aliphatic heterocycles. The number of carbonyl (C=O) groups is 1. The number of hydrogen-bond acceptors (Lipinski definition) is 3. The summed E-state index contributed by atoms with van der Waals surface area (Å²) in [6.45, 7) is 0.907. The van der Waals surface area contributed by atoms with E-state index in [-0.39, 0.29) is 6.04 Å². The first-order valence-corrected chi connectivity index (χ1v) is 5.34. The summed E-state index contributed by atoms with van der Waals surface area (Å²) in [4.78, 5) is 10.9. The number of aliphatic carboxylic acids is 1. The van der Waals surface area contributed by atoms with Crippen LogP contribution in [0.2, 0.25) is 0 Å². The smallest absolute Gasteiger partial charge is 0.309 e. The second-order valence-corrected chi connectivity index (χ2v) is 4.39. The Hall–Kier alpha value is -0.610. The number of hydrogen-bond donors (Lipinski definition) is 3. The normalized spacial score (nSPS) is 42.9. The van der Waals surface area contributed by atoms with Gasteiger partial charge in [0.1, 0.15) is 0 Å². The monoisotopic (exact) mass is 199 g/mol. The van der Waals surface area contributed by atoms with E-state index >= 15 is 0 Å². The number of fused-ring (bicyclic) bond motifs is 1. The van der Waals surface area contributed by atoms with Crippen LogP contribution in [0, 0.1) is 11.8 Å². The van der Waals surface area contributed by atoms with E-state index in [0.717, 1.165) is 25.8 Å². The van der Waals surface area contributed by atoms with Crippen LogP contribution in [0.3, 0.4) is 0 Å². The first-order chi connectivity index (χ1) is 6.70. The van der Waals surface area contributed by atoms with E-state index in [1.165, 1.54) is 0 Å². The molecule has 4 nitrogen and oxygen atoms in total. The zero-order chi connectivity index (χ0) is 10.1. The molecule has 0 radical (unpaired) electrons. The topological polar surface area (TPSA) is 69.6 Å². The van der Waals surface area contributed by atoms with Crippen LogP contribution in [-0.2, 0) is 4.79 Å². The fourth-order valence-electron chi connectivity index (χ4n) is 2.79. The van der Waals surface area contributed by atoms with Gasteiger partial charge in [0.05, 0.1) is 12.0 Å². The van der Waals surface area contributed by atoms with Gasteiger partial charge in [-0.15, -0.1) is 0 Å². The van der Waals surface area contributed by atoms with E-state index in [1.807, 2.05) is 0 Å². The summed E-state index contributed by atoms with van der Waals surface area (Å²) < 4.78 is 0. The summed E-state index contributed by atoms with van der Waals surface area (Å²) in [7, 11) is 0. The van der Waals surface area contributed by atoms with Gasteiger partial charge in [0.15, 0.2) is 0 Å². The van der Waals surface area contributed by atoms with Crippen LogP contribution in [0.25, 0.3) is 0 Å². The lowest BCUT2D eigenvalue weighted by Gasteiger charge is -2.42. The molecule has 0 aromatic carbocycles. The van der Waals surface area contributed by atoms with Gasteiger partial charge in [0.2, 0.25) is 0 Å². The number of carboxylic acid groups (broad SMARTS) is 1. The lowest BCUT2D eigenvalue weighted by molar-refractivity contribution is -0.150. The summed E-state index contributed by atoms with van der Waals surface area (Å²) in [5.41, 5.74) is 0. The zero-order valence-corrected chi connectivity index (χ0v) is 8.15. The van der Waals surface area contributed by atoms with Gasteiger partial charge >= 0.3 is 5.97 Å². The third-order valence-corrected chi connectivity index (χ3v) is 3.59. The molecule has 0 spiro atoms. The largest absolute Gasteiger partial charge is 0.481 e. The van der Waals surface area contributed by atoms with Crippen LogP contribution < -0.4 is 5.32 Å². The van der Waals surface area contributed by atoms with Crippen molar-refractivity contribution in [3.63, 3.8) is 0 Å². The Bertz CT molecular complexity index is 231. The standard InChI is InChI=1S/C10H17NO3/c12-9-7(10(13)14)4-3-6-2-1-5-11-8(6)9/h6-9,11-12H,1-5H2,(H,13,14)/t6-,7+,8-,9+/m0/s1. The zero-order valence-electron chi connectivity index (χ0n) is 8.15. The average Bonchev–Trinajstić information content (AvgIpc) is 2.18. The van der Waals surface area contributed by atoms with E-state index < -0.39 is 18.0 Å². The summed E-state index contributed by atoms with van der Waals surface area (Å²) in [6, 6.07) is 0.0126. The molecule has 0 amide bonds. The molecule has 2 rings (SSSR count). The molecular weight excluding hydrogens is 182 g/mol. The number of aliphatic hydroxyl groups excluding tert-OH is 1. The van der Waals surface area contributed by atoms with Crippen molar-refractivity contribution in [2.45, 2.75) is 37.8 Å². The van der Waals surface area contributed by atoms with Crippen LogP contribution in [0.15, 0.2) is 0 Å². The van der Waals surface area contributed by atoms with Crippen molar-refractivity contribution < 1.29 is 15.0 Å². The Balaban J connectivity index is 2.06. The van der Waals surface area contributed by atoms with Gasteiger partial charge < -0.3 is 15.5 Å². The third kappa shape index (κ3) is 1.64. The fraction of sp³-hybridized carbons (Fsp3) is 0.900. The molecule has 1 aliphatic carbocycles. The predicted octanol–water partition coefficient (Wildman–Crippen LogP) is 0.210. The molecule has 0 unspecified atom stereocenters. The van der Waals surface area contributed by atoms with Crippen LogP contribution in [0.4, 0.5) is 0 Å². The van der Waals surface area contributed by atoms with Crippen LogP contribution in [0.5, 0.6) is 0 Å². The number of rotatable bonds is 1. The van der Waals surface area contributed by atoms with Crippen LogP contribution in [-0.4, -0.2) is 34.9 Å². The van der Waals surface area contributed by atoms with E-state index in [1.54, 1.807) is 0 Å². The van der Waals surface area contributed by atoms with E-state index in [2.05, 4.69) is 5.32 Å². The molecule has 3 N–H and O–H groups in total. The maximum Gasteiger partial charge on any atom is 0.309 e. The molecule has 1 saturated carbocycles. The van der Waals surface area contributed by atoms with Gasteiger partial charge in [-0.25, -0.2) is 0 Å². The molecule has 80 valence electrons. The van der Waals surface area contributed by atoms with Gasteiger partial charge in [-0.1, -0.05) is 0 Å². The van der Waals surface area contributed by atoms with Crippen molar-refractivity contribution in [1.82, 2.24) is 5.32 Å². The highest BCUT2D eigenvalue weighted by Crippen LogP contribution is 2.34. The summed E-state index contributed by atoms with van der Waals surface area (Å²) in [6.07, 6.45) is 3.13. The second kappa shape index (κ2) is 3.87. The SMILES string of the molecule is O=C(O)[C@@H]1CC[C@@H]2CCCN[C@@H]2[C@@H]1O. The lowest BCUT2D eigenvalue weighted by Crippen LogP contribution is -2.55. The minimum absolute atomic E-state index is 0.0126. The molecule has 0 aromatic rings. The van der Waals surface area contributed by atoms with Gasteiger partial charge in [-0.05, 0) is 38.1 Å². The first kappa shape index (κ1) is 9.93. The maximum absolute atomic E-state index is 10.9. The molecule has 14 heavy (non-hydrogen) atoms. The van der Waals surface area contributed by atoms with Crippen molar-refractivity contribution in [3.8, 4) is 0 Å². The Morgan fingerprint density at radius 1 is 1.29 bits per heavy atom. The van der Waals surface area contributed by atoms with E-state index in [0.29, 0.717) is 12.3 Å². The highest BCUT2D eigenvalue weighted by molar-refractivity contribution is 5.71. The van der Waals surface area contributed by atoms with Crippen LogP contribution in [0.1, 0.15) is 25.7 Å². The van der Waals surface area contributed by atoms with Crippen molar-refractivity contribution >= 4 is 5.97 Å². The summed E-state index contributed by atoms with van der Waals surface area (Å²) >= 11 is 0. The highest BCUT2D eigenvalue weighted by atomic mass is 16.4. The fourth-order valence-corrected chi connectivity index (χ4v) is 2.79. The van der Waals surface area contributed by atoms with Crippen LogP contribution >= 0.6 is 0 Å². The van der Waals surface area contributed by atoms with Gasteiger partial charge in [-0.3, -0.25) is 4.79 Å². The molecule has 2 aliphatic rings. The summed E-state index contributed by atoms with van der Waals surface area (Å²) in [5.74, 6) is -0.945. The Morgan fingerprint density at radius 2 is 2.07 bits per heavy atom. The minimum atomic E-state index is -0.858. The predicted molar refractivity (Wildman–Crippen MR) is 50.9 cm³/mol. The molecule has 0 aromatic heterocycles. The molecule has 1 saturated heterocycles. The average molecular weight is 199 g/mol. The number of carboxylic acids is 1. The molecule has 4 atom stereocenters. The summed E-state index contributed by atoms with van der Waals surface area (Å²) in [5, 5.41) is 22.0. The Kier molecular flexibility index (Phi) is 2.74. The minimum Gasteiger partial charge on any atom is -0.481 e. The molecular formula is C10H17NO3. The van der Waals surface area contributed by atoms with E-state index in [9.17, 15) is 9.90 Å². The van der Waals surface area contributed by atoms with Gasteiger partial charge in [-0.2, -0.15) is 0 Å². The Labute approximate surface area is 83.3 Å². The van der Waals surface area contributed by atoms with Gasteiger partial charge in [0, 0.05) is 6.04 Å². The molecule has 1 heterocycles. The number of aliphatic hydroxyl groups is 1. The quantitative estimate of drug-likeness (QED) is 0.564. The molecule has 0 bridgehead atoms. The highest BCUT2D eigenvalue weighted by Gasteiger charge is 2.42. The van der Waals surface area contributed by atoms with Gasteiger partial charge in [0.25, 0.3) is 0 Å². The van der Waals surface area contributed by atoms with Crippen molar-refractivity contribution in [3.05, 3.63) is 0 Å². The van der Waals surface area contributed by atoms with E-state index in [4.69, 9.17) is 5.11 Å².